The van der Waals surface area contributed by atoms with Crippen molar-refractivity contribution < 1.29 is 22.7 Å². The van der Waals surface area contributed by atoms with E-state index in [9.17, 15) is 18.0 Å². The van der Waals surface area contributed by atoms with Gasteiger partial charge in [0.1, 0.15) is 0 Å². The zero-order valence-electron chi connectivity index (χ0n) is 17.4. The van der Waals surface area contributed by atoms with Gasteiger partial charge in [-0.15, -0.1) is 0 Å². The van der Waals surface area contributed by atoms with Gasteiger partial charge in [0.15, 0.2) is 0 Å². The molecule has 3 aromatic rings. The average molecular weight is 426 g/mol. The molecule has 0 bridgehead atoms. The number of ether oxygens (including phenoxy) is 1. The first-order chi connectivity index (χ1) is 14.7. The maximum absolute atomic E-state index is 13.5. The van der Waals surface area contributed by atoms with E-state index in [2.05, 4.69) is 0 Å². The van der Waals surface area contributed by atoms with Gasteiger partial charge in [-0.3, -0.25) is 4.79 Å². The molecular weight excluding hydrogens is 405 g/mol. The molecule has 0 amide bonds. The standard InChI is InChI=1S/C24H21F3N2O2/c1-15-20(12-22(30)31-3)23(16(2)29(15)14-17-7-5-4-6-8-17)18-9-10-19(13-28)21(11-18)24(25,26)27/h4-11H,12,14H2,1-3H3. The van der Waals surface area contributed by atoms with E-state index >= 15 is 0 Å². The van der Waals surface area contributed by atoms with Crippen molar-refractivity contribution in [3.8, 4) is 17.2 Å². The maximum Gasteiger partial charge on any atom is 0.417 e. The van der Waals surface area contributed by atoms with Crippen molar-refractivity contribution >= 4 is 5.97 Å². The number of hydrogen-bond donors (Lipinski definition) is 0. The van der Waals surface area contributed by atoms with Crippen molar-refractivity contribution in [2.75, 3.05) is 7.11 Å². The molecule has 0 spiro atoms. The smallest absolute Gasteiger partial charge is 0.417 e. The molecule has 0 aliphatic carbocycles. The molecule has 3 rings (SSSR count). The van der Waals surface area contributed by atoms with Crippen LogP contribution in [-0.2, 0) is 28.7 Å². The molecule has 2 aromatic carbocycles. The molecule has 1 aromatic heterocycles. The van der Waals surface area contributed by atoms with Crippen molar-refractivity contribution in [1.82, 2.24) is 4.57 Å². The first-order valence-electron chi connectivity index (χ1n) is 9.58. The number of esters is 1. The molecular formula is C24H21F3N2O2. The van der Waals surface area contributed by atoms with Crippen LogP contribution in [0.5, 0.6) is 0 Å². The summed E-state index contributed by atoms with van der Waals surface area (Å²) >= 11 is 0. The summed E-state index contributed by atoms with van der Waals surface area (Å²) in [7, 11) is 1.27. The van der Waals surface area contributed by atoms with Crippen molar-refractivity contribution in [1.29, 1.82) is 5.26 Å². The van der Waals surface area contributed by atoms with Crippen LogP contribution in [0.25, 0.3) is 11.1 Å². The lowest BCUT2D eigenvalue weighted by atomic mass is 9.95. The third-order valence-corrected chi connectivity index (χ3v) is 5.38. The van der Waals surface area contributed by atoms with E-state index in [-0.39, 0.29) is 6.42 Å². The third kappa shape index (κ3) is 4.48. The lowest BCUT2D eigenvalue weighted by molar-refractivity contribution is -0.140. The molecule has 7 heteroatoms. The fourth-order valence-corrected chi connectivity index (χ4v) is 3.80. The molecule has 0 aliphatic heterocycles. The summed E-state index contributed by atoms with van der Waals surface area (Å²) in [4.78, 5) is 12.1. The monoisotopic (exact) mass is 426 g/mol. The highest BCUT2D eigenvalue weighted by Crippen LogP contribution is 2.38. The molecule has 0 saturated heterocycles. The highest BCUT2D eigenvalue weighted by molar-refractivity contribution is 5.81. The predicted octanol–water partition coefficient (Wildman–Crippen LogP) is 5.43. The number of aromatic nitrogens is 1. The van der Waals surface area contributed by atoms with Gasteiger partial charge < -0.3 is 9.30 Å². The Morgan fingerprint density at radius 3 is 2.35 bits per heavy atom. The van der Waals surface area contributed by atoms with E-state index in [0.29, 0.717) is 23.2 Å². The van der Waals surface area contributed by atoms with Crippen molar-refractivity contribution in [3.05, 3.63) is 82.2 Å². The summed E-state index contributed by atoms with van der Waals surface area (Å²) in [5.74, 6) is -0.481. The van der Waals surface area contributed by atoms with Gasteiger partial charge in [-0.05, 0) is 42.7 Å². The predicted molar refractivity (Wildman–Crippen MR) is 110 cm³/mol. The lowest BCUT2D eigenvalue weighted by Gasteiger charge is -2.13. The maximum atomic E-state index is 13.5. The Morgan fingerprint density at radius 2 is 1.77 bits per heavy atom. The van der Waals surface area contributed by atoms with Gasteiger partial charge in [0.2, 0.25) is 0 Å². The summed E-state index contributed by atoms with van der Waals surface area (Å²) in [6.07, 6.45) is -4.74. The molecule has 0 unspecified atom stereocenters. The third-order valence-electron chi connectivity index (χ3n) is 5.38. The highest BCUT2D eigenvalue weighted by atomic mass is 19.4. The Labute approximate surface area is 178 Å². The lowest BCUT2D eigenvalue weighted by Crippen LogP contribution is -2.09. The van der Waals surface area contributed by atoms with Gasteiger partial charge in [-0.2, -0.15) is 18.4 Å². The van der Waals surface area contributed by atoms with Crippen LogP contribution in [-0.4, -0.2) is 17.6 Å². The van der Waals surface area contributed by atoms with Crippen LogP contribution < -0.4 is 0 Å². The zero-order chi connectivity index (χ0) is 22.8. The molecule has 0 N–H and O–H groups in total. The van der Waals surface area contributed by atoms with Gasteiger partial charge in [0.25, 0.3) is 0 Å². The van der Waals surface area contributed by atoms with E-state index in [0.717, 1.165) is 23.0 Å². The summed E-state index contributed by atoms with van der Waals surface area (Å²) < 4.78 is 47.4. The minimum absolute atomic E-state index is 0.0678. The van der Waals surface area contributed by atoms with E-state index in [1.165, 1.54) is 19.2 Å². The number of halogens is 3. The summed E-state index contributed by atoms with van der Waals surface area (Å²) in [6.45, 7) is 4.17. The fraction of sp³-hybridized carbons (Fsp3) is 0.250. The second-order valence-electron chi connectivity index (χ2n) is 7.22. The topological polar surface area (TPSA) is 55.0 Å². The Balaban J connectivity index is 2.22. The van der Waals surface area contributed by atoms with Crippen LogP contribution in [0, 0.1) is 25.2 Å². The van der Waals surface area contributed by atoms with E-state index in [1.807, 2.05) is 48.7 Å². The first-order valence-corrected chi connectivity index (χ1v) is 9.58. The summed E-state index contributed by atoms with van der Waals surface area (Å²) in [5.41, 5.74) is 2.56. The number of benzene rings is 2. The second-order valence-corrected chi connectivity index (χ2v) is 7.22. The Bertz CT molecular complexity index is 1160. The number of alkyl halides is 3. The minimum atomic E-state index is -4.67. The molecule has 4 nitrogen and oxygen atoms in total. The van der Waals surface area contributed by atoms with Gasteiger partial charge in [-0.1, -0.05) is 36.4 Å². The SMILES string of the molecule is COC(=O)Cc1c(-c2ccc(C#N)c(C(F)(F)F)c2)c(C)n(Cc2ccccc2)c1C. The van der Waals surface area contributed by atoms with Crippen LogP contribution in [0.2, 0.25) is 0 Å². The number of carbonyl (C=O) groups excluding carboxylic acids is 1. The normalized spacial score (nSPS) is 11.3. The van der Waals surface area contributed by atoms with Crippen LogP contribution in [0.4, 0.5) is 13.2 Å². The van der Waals surface area contributed by atoms with Gasteiger partial charge in [-0.25, -0.2) is 0 Å². The second kappa shape index (κ2) is 8.68. The summed E-state index contributed by atoms with van der Waals surface area (Å²) in [5, 5.41) is 9.10. The van der Waals surface area contributed by atoms with Gasteiger partial charge in [0, 0.05) is 23.5 Å². The largest absolute Gasteiger partial charge is 0.469 e. The van der Waals surface area contributed by atoms with Crippen molar-refractivity contribution in [3.63, 3.8) is 0 Å². The average Bonchev–Trinajstić information content (AvgIpc) is 2.97. The summed E-state index contributed by atoms with van der Waals surface area (Å²) in [6, 6.07) is 14.9. The van der Waals surface area contributed by atoms with Crippen LogP contribution in [0.3, 0.4) is 0 Å². The number of nitriles is 1. The number of rotatable bonds is 5. The Kier molecular flexibility index (Phi) is 6.21. The molecule has 0 radical (unpaired) electrons. The quantitative estimate of drug-likeness (QED) is 0.512. The van der Waals surface area contributed by atoms with Gasteiger partial charge in [0.05, 0.1) is 30.7 Å². The number of carbonyl (C=O) groups is 1. The first kappa shape index (κ1) is 22.2. The molecule has 160 valence electrons. The molecule has 0 fully saturated rings. The molecule has 0 atom stereocenters. The fourth-order valence-electron chi connectivity index (χ4n) is 3.80. The van der Waals surface area contributed by atoms with E-state index in [4.69, 9.17) is 10.00 Å². The van der Waals surface area contributed by atoms with Crippen LogP contribution in [0.1, 0.15) is 33.6 Å². The molecule has 31 heavy (non-hydrogen) atoms. The van der Waals surface area contributed by atoms with Crippen molar-refractivity contribution in [2.24, 2.45) is 0 Å². The molecule has 0 aliphatic rings. The van der Waals surface area contributed by atoms with Crippen molar-refractivity contribution in [2.45, 2.75) is 33.0 Å². The zero-order valence-corrected chi connectivity index (χ0v) is 17.4. The molecule has 1 heterocycles. The van der Waals surface area contributed by atoms with Crippen LogP contribution >= 0.6 is 0 Å². The number of nitrogens with zero attached hydrogens (tertiary/aromatic N) is 2. The van der Waals surface area contributed by atoms with E-state index in [1.54, 1.807) is 6.07 Å². The Morgan fingerprint density at radius 1 is 1.10 bits per heavy atom. The van der Waals surface area contributed by atoms with Gasteiger partial charge >= 0.3 is 12.1 Å². The highest BCUT2D eigenvalue weighted by Gasteiger charge is 2.34. The number of hydrogen-bond acceptors (Lipinski definition) is 3. The Hall–Kier alpha value is -3.53. The van der Waals surface area contributed by atoms with Crippen LogP contribution in [0.15, 0.2) is 48.5 Å². The number of methoxy groups -OCH3 is 1. The van der Waals surface area contributed by atoms with E-state index < -0.39 is 23.3 Å². The molecule has 0 saturated carbocycles. The minimum Gasteiger partial charge on any atom is -0.469 e.